The smallest absolute Gasteiger partial charge is 0.116 e. The molecule has 0 saturated carbocycles. The minimum absolute atomic E-state index is 0.338. The molecule has 0 radical (unpaired) electrons. The molecular formula is C16H13NOS. The van der Waals surface area contributed by atoms with Crippen LogP contribution in [0.2, 0.25) is 0 Å². The highest BCUT2D eigenvalue weighted by Gasteiger charge is 2.23. The Morgan fingerprint density at radius 2 is 2.00 bits per heavy atom. The Morgan fingerprint density at radius 3 is 2.89 bits per heavy atom. The van der Waals surface area contributed by atoms with Gasteiger partial charge in [-0.25, -0.2) is 0 Å². The van der Waals surface area contributed by atoms with E-state index in [0.717, 1.165) is 5.75 Å². The number of nitrogens with zero attached hydrogens (tertiary/aromatic N) is 1. The molecule has 1 aliphatic rings. The summed E-state index contributed by atoms with van der Waals surface area (Å²) in [6.07, 6.45) is 0. The number of phenols is 1. The number of benzene rings is 2. The highest BCUT2D eigenvalue weighted by atomic mass is 32.2. The van der Waals surface area contributed by atoms with Crippen LogP contribution in [-0.4, -0.2) is 9.67 Å². The lowest BCUT2D eigenvalue weighted by atomic mass is 10.1. The first-order chi connectivity index (χ1) is 9.25. The predicted octanol–water partition coefficient (Wildman–Crippen LogP) is 4.16. The molecule has 0 saturated heterocycles. The Kier molecular flexibility index (Phi) is 2.21. The Bertz CT molecular complexity index is 804. The van der Waals surface area contributed by atoms with Gasteiger partial charge in [-0.05, 0) is 29.8 Å². The molecule has 3 heteroatoms. The van der Waals surface area contributed by atoms with E-state index in [2.05, 4.69) is 35.9 Å². The van der Waals surface area contributed by atoms with Crippen molar-refractivity contribution in [3.05, 3.63) is 48.0 Å². The summed E-state index contributed by atoms with van der Waals surface area (Å²) in [6.45, 7) is 0. The number of rotatable bonds is 0. The summed E-state index contributed by atoms with van der Waals surface area (Å²) in [6, 6.07) is 14.2. The molecule has 0 spiro atoms. The van der Waals surface area contributed by atoms with Crippen LogP contribution in [0.1, 0.15) is 5.56 Å². The lowest BCUT2D eigenvalue weighted by Crippen LogP contribution is -1.98. The molecule has 3 aromatic rings. The van der Waals surface area contributed by atoms with Crippen molar-refractivity contribution in [1.82, 2.24) is 4.57 Å². The van der Waals surface area contributed by atoms with Crippen molar-refractivity contribution in [2.75, 3.05) is 0 Å². The Labute approximate surface area is 115 Å². The summed E-state index contributed by atoms with van der Waals surface area (Å²) in [5.41, 5.74) is 5.10. The minimum Gasteiger partial charge on any atom is -0.508 e. The number of aryl methyl sites for hydroxylation is 1. The van der Waals surface area contributed by atoms with Gasteiger partial charge in [-0.3, -0.25) is 0 Å². The van der Waals surface area contributed by atoms with E-state index in [4.69, 9.17) is 0 Å². The maximum absolute atomic E-state index is 9.72. The van der Waals surface area contributed by atoms with E-state index in [1.54, 1.807) is 6.07 Å². The number of thioether (sulfide) groups is 1. The molecule has 1 N–H and O–H groups in total. The van der Waals surface area contributed by atoms with Gasteiger partial charge in [0.15, 0.2) is 0 Å². The van der Waals surface area contributed by atoms with E-state index in [9.17, 15) is 5.11 Å². The molecule has 1 aliphatic heterocycles. The molecular weight excluding hydrogens is 254 g/mol. The van der Waals surface area contributed by atoms with E-state index in [1.165, 1.54) is 32.6 Å². The molecule has 19 heavy (non-hydrogen) atoms. The summed E-state index contributed by atoms with van der Waals surface area (Å²) in [5.74, 6) is 1.30. The molecule has 0 fully saturated rings. The summed E-state index contributed by atoms with van der Waals surface area (Å²) in [5, 5.41) is 10.9. The van der Waals surface area contributed by atoms with Crippen LogP contribution in [0, 0.1) is 0 Å². The number of hydrogen-bond donors (Lipinski definition) is 1. The average Bonchev–Trinajstić information content (AvgIpc) is 2.72. The number of aromatic hydroxyl groups is 1. The molecule has 2 nitrogen and oxygen atoms in total. The van der Waals surface area contributed by atoms with Crippen molar-refractivity contribution in [3.8, 4) is 17.0 Å². The van der Waals surface area contributed by atoms with Crippen LogP contribution in [0.15, 0.2) is 47.4 Å². The van der Waals surface area contributed by atoms with Crippen molar-refractivity contribution in [2.24, 2.45) is 7.05 Å². The van der Waals surface area contributed by atoms with Gasteiger partial charge in [-0.1, -0.05) is 18.2 Å². The average molecular weight is 267 g/mol. The van der Waals surface area contributed by atoms with Gasteiger partial charge in [0.2, 0.25) is 0 Å². The van der Waals surface area contributed by atoms with Crippen molar-refractivity contribution in [3.63, 3.8) is 0 Å². The first-order valence-electron chi connectivity index (χ1n) is 6.28. The third kappa shape index (κ3) is 1.45. The monoisotopic (exact) mass is 267 g/mol. The van der Waals surface area contributed by atoms with E-state index >= 15 is 0 Å². The zero-order valence-electron chi connectivity index (χ0n) is 10.6. The van der Waals surface area contributed by atoms with Crippen LogP contribution in [0.3, 0.4) is 0 Å². The molecule has 2 heterocycles. The van der Waals surface area contributed by atoms with Gasteiger partial charge < -0.3 is 9.67 Å². The van der Waals surface area contributed by atoms with Gasteiger partial charge in [0.05, 0.1) is 5.69 Å². The summed E-state index contributed by atoms with van der Waals surface area (Å²) < 4.78 is 2.24. The topological polar surface area (TPSA) is 25.2 Å². The first-order valence-corrected chi connectivity index (χ1v) is 7.27. The zero-order chi connectivity index (χ0) is 13.0. The quantitative estimate of drug-likeness (QED) is 0.661. The summed E-state index contributed by atoms with van der Waals surface area (Å²) in [7, 11) is 2.10. The van der Waals surface area contributed by atoms with Crippen LogP contribution in [-0.2, 0) is 12.8 Å². The molecule has 0 amide bonds. The fraction of sp³-hybridized carbons (Fsp3) is 0.125. The van der Waals surface area contributed by atoms with Gasteiger partial charge in [0.1, 0.15) is 5.75 Å². The maximum atomic E-state index is 9.72. The van der Waals surface area contributed by atoms with Crippen molar-refractivity contribution in [2.45, 2.75) is 10.6 Å². The third-order valence-corrected chi connectivity index (χ3v) is 4.90. The fourth-order valence-corrected chi connectivity index (χ4v) is 4.02. The van der Waals surface area contributed by atoms with Gasteiger partial charge >= 0.3 is 0 Å². The van der Waals surface area contributed by atoms with Crippen LogP contribution in [0.25, 0.3) is 22.2 Å². The highest BCUT2D eigenvalue weighted by molar-refractivity contribution is 7.98. The molecule has 0 bridgehead atoms. The van der Waals surface area contributed by atoms with E-state index in [1.807, 2.05) is 23.9 Å². The van der Waals surface area contributed by atoms with E-state index in [0.29, 0.717) is 5.75 Å². The van der Waals surface area contributed by atoms with Crippen LogP contribution >= 0.6 is 11.8 Å². The van der Waals surface area contributed by atoms with Gasteiger partial charge in [0.25, 0.3) is 0 Å². The first kappa shape index (κ1) is 11.0. The minimum atomic E-state index is 0.338. The highest BCUT2D eigenvalue weighted by Crippen LogP contribution is 2.45. The van der Waals surface area contributed by atoms with Crippen LogP contribution in [0.4, 0.5) is 0 Å². The van der Waals surface area contributed by atoms with E-state index in [-0.39, 0.29) is 0 Å². The standard InChI is InChI=1S/C16H13NOS/c1-17-14-7-6-10(18)8-12(14)13-9-19-15-5-3-2-4-11(15)16(13)17/h2-8,18H,9H2,1H3. The normalized spacial score (nSPS) is 13.3. The second kappa shape index (κ2) is 3.81. The SMILES string of the molecule is Cn1c2c(c3cc(O)ccc31)CSc1ccccc1-2. The number of hydrogen-bond acceptors (Lipinski definition) is 2. The lowest BCUT2D eigenvalue weighted by Gasteiger charge is -2.17. The number of aromatic nitrogens is 1. The Balaban J connectivity index is 2.14. The molecule has 0 aliphatic carbocycles. The second-order valence-corrected chi connectivity index (χ2v) is 5.89. The van der Waals surface area contributed by atoms with Gasteiger partial charge in [0, 0.05) is 34.2 Å². The fourth-order valence-electron chi connectivity index (χ4n) is 2.94. The van der Waals surface area contributed by atoms with Crippen molar-refractivity contribution >= 4 is 22.7 Å². The van der Waals surface area contributed by atoms with Crippen LogP contribution < -0.4 is 0 Å². The van der Waals surface area contributed by atoms with Crippen molar-refractivity contribution < 1.29 is 5.11 Å². The predicted molar refractivity (Wildman–Crippen MR) is 79.6 cm³/mol. The second-order valence-electron chi connectivity index (χ2n) is 4.87. The third-order valence-electron chi connectivity index (χ3n) is 3.80. The Hall–Kier alpha value is -1.87. The molecule has 94 valence electrons. The van der Waals surface area contributed by atoms with Gasteiger partial charge in [-0.15, -0.1) is 11.8 Å². The zero-order valence-corrected chi connectivity index (χ0v) is 11.4. The molecule has 4 rings (SSSR count). The Morgan fingerprint density at radius 1 is 1.16 bits per heavy atom. The van der Waals surface area contributed by atoms with Crippen molar-refractivity contribution in [1.29, 1.82) is 0 Å². The lowest BCUT2D eigenvalue weighted by molar-refractivity contribution is 0.476. The van der Waals surface area contributed by atoms with Gasteiger partial charge in [-0.2, -0.15) is 0 Å². The molecule has 1 aromatic heterocycles. The van der Waals surface area contributed by atoms with Crippen LogP contribution in [0.5, 0.6) is 5.75 Å². The summed E-state index contributed by atoms with van der Waals surface area (Å²) in [4.78, 5) is 1.34. The molecule has 0 unspecified atom stereocenters. The largest absolute Gasteiger partial charge is 0.508 e. The maximum Gasteiger partial charge on any atom is 0.116 e. The van der Waals surface area contributed by atoms with E-state index < -0.39 is 0 Å². The number of fused-ring (bicyclic) bond motifs is 5. The summed E-state index contributed by atoms with van der Waals surface area (Å²) >= 11 is 1.87. The molecule has 2 aromatic carbocycles. The molecule has 0 atom stereocenters. The number of phenolic OH excluding ortho intramolecular Hbond substituents is 1.